The lowest BCUT2D eigenvalue weighted by molar-refractivity contribution is -0.118. The summed E-state index contributed by atoms with van der Waals surface area (Å²) in [4.78, 5) is 67.5. The fourth-order valence-corrected chi connectivity index (χ4v) is 5.27. The first-order valence-corrected chi connectivity index (χ1v) is 14.2. The number of hydrogen-bond acceptors (Lipinski definition) is 6. The van der Waals surface area contributed by atoms with Crippen LogP contribution in [0.25, 0.3) is 0 Å². The molecule has 1 amide bonds. The second-order valence-corrected chi connectivity index (χ2v) is 11.1. The largest absolute Gasteiger partial charge is 0.349 e. The van der Waals surface area contributed by atoms with Gasteiger partial charge in [-0.2, -0.15) is 0 Å². The van der Waals surface area contributed by atoms with Gasteiger partial charge in [-0.3, -0.25) is 24.0 Å². The van der Waals surface area contributed by atoms with Crippen LogP contribution in [0.5, 0.6) is 0 Å². The average Bonchev–Trinajstić information content (AvgIpc) is 3.69. The molecule has 4 aromatic heterocycles. The molecule has 4 aromatic rings. The molecule has 0 aromatic carbocycles. The van der Waals surface area contributed by atoms with E-state index in [2.05, 4.69) is 10.3 Å². The van der Waals surface area contributed by atoms with E-state index in [0.717, 1.165) is 11.1 Å². The molecule has 0 fully saturated rings. The number of hydrogen-bond donors (Lipinski definition) is 1. The van der Waals surface area contributed by atoms with Crippen LogP contribution in [-0.2, 0) is 52.2 Å². The summed E-state index contributed by atoms with van der Waals surface area (Å²) in [7, 11) is 7.04. The maximum absolute atomic E-state index is 13.0. The normalized spacial score (nSPS) is 11.1. The van der Waals surface area contributed by atoms with Gasteiger partial charge in [-0.15, -0.1) is 0 Å². The third-order valence-electron chi connectivity index (χ3n) is 7.37. The van der Waals surface area contributed by atoms with Crippen LogP contribution in [0, 0.1) is 6.92 Å². The van der Waals surface area contributed by atoms with Gasteiger partial charge in [0.25, 0.3) is 5.91 Å². The highest BCUT2D eigenvalue weighted by molar-refractivity contribution is 5.98. The number of aryl methyl sites for hydroxylation is 5. The number of carbonyl (C=O) groups excluding carboxylic acids is 5. The van der Waals surface area contributed by atoms with Crippen LogP contribution in [-0.4, -0.2) is 58.8 Å². The van der Waals surface area contributed by atoms with E-state index < -0.39 is 5.91 Å². The van der Waals surface area contributed by atoms with E-state index in [1.54, 1.807) is 77.1 Å². The van der Waals surface area contributed by atoms with Crippen molar-refractivity contribution in [2.24, 2.45) is 28.2 Å². The maximum Gasteiger partial charge on any atom is 0.287 e. The molecule has 0 saturated carbocycles. The number of Topliss-reactive ketones (excluding diaryl/α,β-unsaturated/α-hetero) is 4. The predicted molar refractivity (Wildman–Crippen MR) is 161 cm³/mol. The van der Waals surface area contributed by atoms with Gasteiger partial charge in [-0.05, 0) is 41.8 Å². The van der Waals surface area contributed by atoms with Crippen LogP contribution in [0.3, 0.4) is 0 Å². The van der Waals surface area contributed by atoms with Gasteiger partial charge in [-0.25, -0.2) is 4.98 Å². The van der Waals surface area contributed by atoms with Crippen molar-refractivity contribution in [1.29, 1.82) is 0 Å². The van der Waals surface area contributed by atoms with Crippen molar-refractivity contribution >= 4 is 29.0 Å². The Labute approximate surface area is 250 Å². The van der Waals surface area contributed by atoms with Crippen LogP contribution < -0.4 is 5.32 Å². The third-order valence-corrected chi connectivity index (χ3v) is 7.37. The van der Waals surface area contributed by atoms with Crippen molar-refractivity contribution in [2.45, 2.75) is 46.0 Å². The van der Waals surface area contributed by atoms with E-state index >= 15 is 0 Å². The Bertz CT molecular complexity index is 1710. The molecule has 0 saturated heterocycles. The summed E-state index contributed by atoms with van der Waals surface area (Å²) in [5, 5.41) is 2.73. The van der Waals surface area contributed by atoms with Crippen molar-refractivity contribution in [3.63, 3.8) is 0 Å². The number of rotatable bonds is 14. The molecule has 0 aliphatic rings. The van der Waals surface area contributed by atoms with E-state index in [0.29, 0.717) is 34.8 Å². The van der Waals surface area contributed by atoms with Crippen molar-refractivity contribution in [3.05, 3.63) is 88.3 Å². The number of nitrogens with one attached hydrogen (secondary N) is 1. The molecule has 0 unspecified atom stereocenters. The zero-order chi connectivity index (χ0) is 31.4. The Morgan fingerprint density at radius 3 is 1.86 bits per heavy atom. The van der Waals surface area contributed by atoms with E-state index in [1.165, 1.54) is 0 Å². The molecular formula is C32H38N6O5. The number of nitrogens with zero attached hydrogens (tertiary/aromatic N) is 5. The van der Waals surface area contributed by atoms with Gasteiger partial charge >= 0.3 is 0 Å². The van der Waals surface area contributed by atoms with E-state index in [4.69, 9.17) is 0 Å². The first-order chi connectivity index (χ1) is 20.4. The van der Waals surface area contributed by atoms with E-state index in [9.17, 15) is 24.0 Å². The molecule has 4 rings (SSSR count). The molecule has 11 nitrogen and oxygen atoms in total. The molecule has 226 valence electrons. The SMILES string of the molecule is CCC(=O)c1cc(CC(=O)c2cc(CC(=O)CCNC(=O)c3nc(CC(=O)c4cc(C)cn4C)cn3C)cn2C)cn1C. The first-order valence-electron chi connectivity index (χ1n) is 14.2. The molecular weight excluding hydrogens is 548 g/mol. The minimum Gasteiger partial charge on any atom is -0.349 e. The number of amides is 1. The molecule has 4 heterocycles. The molecule has 0 atom stereocenters. The molecule has 0 radical (unpaired) electrons. The molecule has 0 aliphatic heterocycles. The van der Waals surface area contributed by atoms with Crippen LogP contribution in [0.15, 0.2) is 43.0 Å². The molecule has 0 spiro atoms. The zero-order valence-electron chi connectivity index (χ0n) is 25.6. The lowest BCUT2D eigenvalue weighted by Crippen LogP contribution is -2.28. The van der Waals surface area contributed by atoms with Crippen molar-refractivity contribution in [2.75, 3.05) is 6.54 Å². The Kier molecular flexibility index (Phi) is 9.43. The maximum atomic E-state index is 13.0. The second-order valence-electron chi connectivity index (χ2n) is 11.1. The number of ketones is 4. The van der Waals surface area contributed by atoms with Crippen LogP contribution in [0.2, 0.25) is 0 Å². The standard InChI is InChI=1S/C32H38N6O5/c1-7-28(40)26-13-22(18-36(26)4)14-29(41)27-12-21(17-37(27)5)11-24(39)8-9-33-32(43)31-34-23(19-38(31)6)15-30(42)25-10-20(2)16-35(25)3/h10,12-13,16-19H,7-9,11,14-15H2,1-6H3,(H,33,43). The molecule has 0 bridgehead atoms. The van der Waals surface area contributed by atoms with Gasteiger partial charge in [0, 0.05) is 85.2 Å². The fraction of sp³-hybridized carbons (Fsp3) is 0.375. The van der Waals surface area contributed by atoms with Crippen LogP contribution in [0.4, 0.5) is 0 Å². The summed E-state index contributed by atoms with van der Waals surface area (Å²) in [5.74, 6) is -0.527. The first kappa shape index (κ1) is 31.1. The third kappa shape index (κ3) is 7.35. The van der Waals surface area contributed by atoms with Gasteiger partial charge in [0.15, 0.2) is 23.2 Å². The van der Waals surface area contributed by atoms with Gasteiger partial charge < -0.3 is 23.6 Å². The minimum atomic E-state index is -0.430. The Morgan fingerprint density at radius 1 is 0.698 bits per heavy atom. The molecule has 43 heavy (non-hydrogen) atoms. The zero-order valence-corrected chi connectivity index (χ0v) is 25.6. The molecule has 1 N–H and O–H groups in total. The summed E-state index contributed by atoms with van der Waals surface area (Å²) < 4.78 is 6.78. The Balaban J connectivity index is 1.27. The predicted octanol–water partition coefficient (Wildman–Crippen LogP) is 3.12. The van der Waals surface area contributed by atoms with Crippen molar-refractivity contribution < 1.29 is 24.0 Å². The smallest absolute Gasteiger partial charge is 0.287 e. The van der Waals surface area contributed by atoms with Crippen molar-refractivity contribution in [3.8, 4) is 0 Å². The summed E-state index contributed by atoms with van der Waals surface area (Å²) in [6.45, 7) is 3.85. The number of imidazole rings is 1. The second kappa shape index (κ2) is 13.0. The summed E-state index contributed by atoms with van der Waals surface area (Å²) >= 11 is 0. The quantitative estimate of drug-likeness (QED) is 0.226. The lowest BCUT2D eigenvalue weighted by atomic mass is 10.1. The fourth-order valence-electron chi connectivity index (χ4n) is 5.27. The van der Waals surface area contributed by atoms with Gasteiger partial charge in [0.1, 0.15) is 5.78 Å². The Hall–Kier alpha value is -4.80. The minimum absolute atomic E-state index is 0.0204. The van der Waals surface area contributed by atoms with Gasteiger partial charge in [-0.1, -0.05) is 6.92 Å². The van der Waals surface area contributed by atoms with E-state index in [-0.39, 0.29) is 61.2 Å². The van der Waals surface area contributed by atoms with Crippen molar-refractivity contribution in [1.82, 2.24) is 28.6 Å². The Morgan fingerprint density at radius 2 is 1.26 bits per heavy atom. The summed E-state index contributed by atoms with van der Waals surface area (Å²) in [6.07, 6.45) is 7.94. The van der Waals surface area contributed by atoms with Crippen LogP contribution in [0.1, 0.15) is 84.2 Å². The average molecular weight is 587 g/mol. The number of carbonyl (C=O) groups is 5. The monoisotopic (exact) mass is 586 g/mol. The molecule has 0 aliphatic carbocycles. The summed E-state index contributed by atoms with van der Waals surface area (Å²) in [6, 6.07) is 5.29. The summed E-state index contributed by atoms with van der Waals surface area (Å²) in [5.41, 5.74) is 4.59. The van der Waals surface area contributed by atoms with Gasteiger partial charge in [0.2, 0.25) is 0 Å². The lowest BCUT2D eigenvalue weighted by Gasteiger charge is -2.04. The highest BCUT2D eigenvalue weighted by Crippen LogP contribution is 2.16. The van der Waals surface area contributed by atoms with E-state index in [1.807, 2.05) is 26.2 Å². The highest BCUT2D eigenvalue weighted by Gasteiger charge is 2.19. The van der Waals surface area contributed by atoms with Crippen LogP contribution >= 0.6 is 0 Å². The highest BCUT2D eigenvalue weighted by atomic mass is 16.2. The van der Waals surface area contributed by atoms with Gasteiger partial charge in [0.05, 0.1) is 29.2 Å². The number of aromatic nitrogens is 5. The topological polar surface area (TPSA) is 130 Å². The molecule has 11 heteroatoms.